The molecule has 0 aromatic heterocycles. The summed E-state index contributed by atoms with van der Waals surface area (Å²) < 4.78 is 11.7. The number of alkyl carbamates (subject to hydrolysis) is 1. The van der Waals surface area contributed by atoms with Crippen molar-refractivity contribution in [2.45, 2.75) is 63.3 Å². The minimum absolute atomic E-state index is 0.109. The van der Waals surface area contributed by atoms with Gasteiger partial charge in [-0.05, 0) is 54.0 Å². The van der Waals surface area contributed by atoms with Gasteiger partial charge in [-0.25, -0.2) is 4.79 Å². The van der Waals surface area contributed by atoms with Crippen LogP contribution in [0.25, 0.3) is 11.1 Å². The molecule has 3 N–H and O–H groups in total. The molecule has 0 saturated heterocycles. The first kappa shape index (κ1) is 28.4. The second kappa shape index (κ2) is 13.0. The number of ether oxygens (including phenoxy) is 2. The van der Waals surface area contributed by atoms with E-state index in [2.05, 4.69) is 22.8 Å². The van der Waals surface area contributed by atoms with Crippen molar-refractivity contribution < 1.29 is 29.0 Å². The van der Waals surface area contributed by atoms with Crippen LogP contribution in [-0.2, 0) is 25.7 Å². The van der Waals surface area contributed by atoms with E-state index in [1.54, 1.807) is 6.92 Å². The topological polar surface area (TPSA) is 114 Å². The average molecular weight is 557 g/mol. The van der Waals surface area contributed by atoms with Crippen LogP contribution in [0.4, 0.5) is 4.79 Å². The van der Waals surface area contributed by atoms with Gasteiger partial charge in [0.1, 0.15) is 12.6 Å². The lowest BCUT2D eigenvalue weighted by molar-refractivity contribution is -0.143. The number of carbonyl (C=O) groups is 3. The second-order valence-corrected chi connectivity index (χ2v) is 10.9. The van der Waals surface area contributed by atoms with E-state index in [0.717, 1.165) is 27.8 Å². The monoisotopic (exact) mass is 556 g/mol. The standard InChI is InChI=1S/C33H36N2O6/c1-21(40-19-22-10-3-2-4-11-22)30(31(36)34-24-13-9-12-23(18-24)32(37)38)35-33(39)41-20-29-27-16-7-5-14-25(27)26-15-6-8-17-28(26)29/h2-8,10-11,14-17,21,23-24,29-30H,9,12-13,18-20H2,1H3,(H,34,36)(H,35,39)(H,37,38)/t21?,23-,24+,30?/m0/s1. The number of benzene rings is 3. The summed E-state index contributed by atoms with van der Waals surface area (Å²) in [6, 6.07) is 24.4. The highest BCUT2D eigenvalue weighted by atomic mass is 16.5. The quantitative estimate of drug-likeness (QED) is 0.314. The Morgan fingerprint density at radius 3 is 2.20 bits per heavy atom. The number of hydrogen-bond donors (Lipinski definition) is 3. The Balaban J connectivity index is 1.26. The summed E-state index contributed by atoms with van der Waals surface area (Å²) >= 11 is 0. The Hall–Kier alpha value is -4.17. The zero-order valence-electron chi connectivity index (χ0n) is 23.1. The Morgan fingerprint density at radius 1 is 0.902 bits per heavy atom. The van der Waals surface area contributed by atoms with E-state index in [4.69, 9.17) is 9.47 Å². The van der Waals surface area contributed by atoms with Crippen molar-refractivity contribution in [3.63, 3.8) is 0 Å². The molecule has 1 saturated carbocycles. The number of fused-ring (bicyclic) bond motifs is 3. The zero-order valence-corrected chi connectivity index (χ0v) is 23.1. The summed E-state index contributed by atoms with van der Waals surface area (Å²) in [7, 11) is 0. The van der Waals surface area contributed by atoms with Crippen molar-refractivity contribution >= 4 is 18.0 Å². The molecule has 2 aliphatic rings. The molecular formula is C33H36N2O6. The Kier molecular flexibility index (Phi) is 8.99. The average Bonchev–Trinajstić information content (AvgIpc) is 3.31. The van der Waals surface area contributed by atoms with Gasteiger partial charge < -0.3 is 25.2 Å². The van der Waals surface area contributed by atoms with Crippen LogP contribution in [0, 0.1) is 5.92 Å². The van der Waals surface area contributed by atoms with Crippen LogP contribution >= 0.6 is 0 Å². The predicted octanol–water partition coefficient (Wildman–Crippen LogP) is 5.26. The van der Waals surface area contributed by atoms with E-state index >= 15 is 0 Å². The number of carboxylic acid groups (broad SMARTS) is 1. The van der Waals surface area contributed by atoms with Crippen molar-refractivity contribution in [2.24, 2.45) is 5.92 Å². The lowest BCUT2D eigenvalue weighted by Gasteiger charge is -2.30. The van der Waals surface area contributed by atoms with Gasteiger partial charge in [0, 0.05) is 12.0 Å². The van der Waals surface area contributed by atoms with Crippen LogP contribution in [0.15, 0.2) is 78.9 Å². The highest BCUT2D eigenvalue weighted by molar-refractivity contribution is 5.86. The van der Waals surface area contributed by atoms with E-state index < -0.39 is 36.0 Å². The van der Waals surface area contributed by atoms with Gasteiger partial charge in [0.2, 0.25) is 5.91 Å². The zero-order chi connectivity index (χ0) is 28.8. The summed E-state index contributed by atoms with van der Waals surface area (Å²) in [5, 5.41) is 15.1. The van der Waals surface area contributed by atoms with E-state index in [1.165, 1.54) is 0 Å². The van der Waals surface area contributed by atoms with Gasteiger partial charge in [0.25, 0.3) is 0 Å². The van der Waals surface area contributed by atoms with Crippen LogP contribution in [0.1, 0.15) is 55.2 Å². The summed E-state index contributed by atoms with van der Waals surface area (Å²) in [6.45, 7) is 2.12. The molecule has 2 aliphatic carbocycles. The van der Waals surface area contributed by atoms with Crippen LogP contribution < -0.4 is 10.6 Å². The molecule has 0 bridgehead atoms. The Labute approximate surface area is 240 Å². The molecule has 2 unspecified atom stereocenters. The molecule has 0 aliphatic heterocycles. The summed E-state index contributed by atoms with van der Waals surface area (Å²) in [5.41, 5.74) is 5.39. The maximum Gasteiger partial charge on any atom is 0.407 e. The predicted molar refractivity (Wildman–Crippen MR) is 154 cm³/mol. The SMILES string of the molecule is CC(OCc1ccccc1)C(NC(=O)OCC1c2ccccc2-c2ccccc21)C(=O)N[C@@H]1CCC[C@H](C(=O)O)C1. The molecule has 5 rings (SSSR count). The molecule has 3 aromatic rings. The highest BCUT2D eigenvalue weighted by Gasteiger charge is 2.34. The molecule has 8 nitrogen and oxygen atoms in total. The largest absolute Gasteiger partial charge is 0.481 e. The van der Waals surface area contributed by atoms with Crippen molar-refractivity contribution in [2.75, 3.05) is 6.61 Å². The first-order valence-corrected chi connectivity index (χ1v) is 14.2. The van der Waals surface area contributed by atoms with Crippen LogP contribution in [-0.4, -0.2) is 47.9 Å². The lowest BCUT2D eigenvalue weighted by atomic mass is 9.85. The minimum atomic E-state index is -1.03. The molecule has 41 heavy (non-hydrogen) atoms. The van der Waals surface area contributed by atoms with Gasteiger partial charge in [-0.2, -0.15) is 0 Å². The van der Waals surface area contributed by atoms with E-state index in [9.17, 15) is 19.5 Å². The molecule has 8 heteroatoms. The first-order valence-electron chi connectivity index (χ1n) is 14.2. The third-order valence-electron chi connectivity index (χ3n) is 8.09. The fourth-order valence-corrected chi connectivity index (χ4v) is 5.90. The number of hydrogen-bond acceptors (Lipinski definition) is 5. The summed E-state index contributed by atoms with van der Waals surface area (Å²) in [4.78, 5) is 38.1. The van der Waals surface area contributed by atoms with Gasteiger partial charge in [0.15, 0.2) is 0 Å². The van der Waals surface area contributed by atoms with Gasteiger partial charge in [-0.3, -0.25) is 9.59 Å². The Bertz CT molecular complexity index is 1330. The van der Waals surface area contributed by atoms with Crippen molar-refractivity contribution in [3.8, 4) is 11.1 Å². The fraction of sp³-hybridized carbons (Fsp3) is 0.364. The number of aliphatic carboxylic acids is 1. The van der Waals surface area contributed by atoms with Gasteiger partial charge in [-0.15, -0.1) is 0 Å². The minimum Gasteiger partial charge on any atom is -0.481 e. The van der Waals surface area contributed by atoms with E-state index in [0.29, 0.717) is 25.7 Å². The normalized spacial score (nSPS) is 19.3. The van der Waals surface area contributed by atoms with Crippen LogP contribution in [0.3, 0.4) is 0 Å². The third kappa shape index (κ3) is 6.77. The first-order chi connectivity index (χ1) is 19.9. The van der Waals surface area contributed by atoms with Gasteiger partial charge >= 0.3 is 12.1 Å². The smallest absolute Gasteiger partial charge is 0.407 e. The van der Waals surface area contributed by atoms with Gasteiger partial charge in [0.05, 0.1) is 18.6 Å². The molecule has 0 spiro atoms. The number of amides is 2. The highest BCUT2D eigenvalue weighted by Crippen LogP contribution is 2.44. The van der Waals surface area contributed by atoms with Crippen LogP contribution in [0.5, 0.6) is 0 Å². The lowest BCUT2D eigenvalue weighted by Crippen LogP contribution is -2.55. The molecule has 4 atom stereocenters. The summed E-state index contributed by atoms with van der Waals surface area (Å²) in [6.07, 6.45) is 0.972. The van der Waals surface area contributed by atoms with Crippen molar-refractivity contribution in [1.82, 2.24) is 10.6 Å². The number of nitrogens with one attached hydrogen (secondary N) is 2. The molecule has 214 valence electrons. The Morgan fingerprint density at radius 2 is 1.54 bits per heavy atom. The van der Waals surface area contributed by atoms with E-state index in [1.807, 2.05) is 66.7 Å². The molecule has 0 radical (unpaired) electrons. The number of carboxylic acids is 1. The molecule has 3 aromatic carbocycles. The van der Waals surface area contributed by atoms with Gasteiger partial charge in [-0.1, -0.05) is 85.3 Å². The molecular weight excluding hydrogens is 520 g/mol. The molecule has 1 fully saturated rings. The maximum absolute atomic E-state index is 13.5. The fourth-order valence-electron chi connectivity index (χ4n) is 5.90. The second-order valence-electron chi connectivity index (χ2n) is 10.9. The third-order valence-corrected chi connectivity index (χ3v) is 8.09. The maximum atomic E-state index is 13.5. The van der Waals surface area contributed by atoms with Crippen molar-refractivity contribution in [3.05, 3.63) is 95.6 Å². The van der Waals surface area contributed by atoms with Crippen LogP contribution in [0.2, 0.25) is 0 Å². The molecule has 2 amide bonds. The number of carbonyl (C=O) groups excluding carboxylic acids is 2. The number of rotatable bonds is 10. The molecule has 0 heterocycles. The summed E-state index contributed by atoms with van der Waals surface area (Å²) in [5.74, 6) is -1.87. The van der Waals surface area contributed by atoms with E-state index in [-0.39, 0.29) is 25.2 Å². The van der Waals surface area contributed by atoms with Crippen molar-refractivity contribution in [1.29, 1.82) is 0 Å².